The maximum absolute atomic E-state index is 9.37. The summed E-state index contributed by atoms with van der Waals surface area (Å²) >= 11 is 0. The zero-order chi connectivity index (χ0) is 13.0. The third kappa shape index (κ3) is 3.26. The Labute approximate surface area is 111 Å². The molecule has 1 aliphatic rings. The van der Waals surface area contributed by atoms with E-state index in [1.807, 2.05) is 0 Å². The van der Waals surface area contributed by atoms with Crippen LogP contribution in [0.1, 0.15) is 50.6 Å². The molecule has 1 N–H and O–H groups in total. The molecular weight excluding hydrogens is 222 g/mol. The van der Waals surface area contributed by atoms with Crippen LogP contribution in [0, 0.1) is 5.92 Å². The van der Waals surface area contributed by atoms with Gasteiger partial charge in [-0.2, -0.15) is 0 Å². The molecule has 0 spiro atoms. The molecular formula is C16H25NO. The van der Waals surface area contributed by atoms with Gasteiger partial charge in [0.1, 0.15) is 5.75 Å². The van der Waals surface area contributed by atoms with Gasteiger partial charge < -0.3 is 5.11 Å². The van der Waals surface area contributed by atoms with Gasteiger partial charge in [-0.05, 0) is 49.9 Å². The van der Waals surface area contributed by atoms with Crippen LogP contribution >= 0.6 is 0 Å². The van der Waals surface area contributed by atoms with Crippen LogP contribution in [0.2, 0.25) is 0 Å². The number of hydrogen-bond acceptors (Lipinski definition) is 2. The Bertz CT molecular complexity index is 354. The summed E-state index contributed by atoms with van der Waals surface area (Å²) in [6.07, 6.45) is 6.74. The molecule has 0 bridgehead atoms. The van der Waals surface area contributed by atoms with Crippen LogP contribution in [0.3, 0.4) is 0 Å². The molecule has 0 saturated heterocycles. The highest BCUT2D eigenvalue weighted by molar-refractivity contribution is 5.28. The molecule has 0 aromatic heterocycles. The third-order valence-electron chi connectivity index (χ3n) is 4.22. The van der Waals surface area contributed by atoms with E-state index >= 15 is 0 Å². The zero-order valence-corrected chi connectivity index (χ0v) is 11.6. The molecule has 1 aromatic rings. The van der Waals surface area contributed by atoms with Crippen LogP contribution in [0.5, 0.6) is 5.75 Å². The van der Waals surface area contributed by atoms with Gasteiger partial charge in [0.15, 0.2) is 0 Å². The van der Waals surface area contributed by atoms with Crippen LogP contribution < -0.4 is 0 Å². The second-order valence-electron chi connectivity index (χ2n) is 5.61. The van der Waals surface area contributed by atoms with Gasteiger partial charge in [0, 0.05) is 12.6 Å². The van der Waals surface area contributed by atoms with E-state index in [2.05, 4.69) is 31.0 Å². The number of hydrogen-bond donors (Lipinski definition) is 1. The van der Waals surface area contributed by atoms with Crippen molar-refractivity contribution in [2.75, 3.05) is 13.6 Å². The molecule has 1 unspecified atom stereocenters. The predicted octanol–water partition coefficient (Wildman–Crippen LogP) is 3.97. The fourth-order valence-electron chi connectivity index (χ4n) is 3.23. The van der Waals surface area contributed by atoms with Gasteiger partial charge in [0.2, 0.25) is 0 Å². The van der Waals surface area contributed by atoms with Crippen molar-refractivity contribution in [1.82, 2.24) is 4.90 Å². The summed E-state index contributed by atoms with van der Waals surface area (Å²) in [6.45, 7) is 3.45. The Morgan fingerprint density at radius 3 is 2.39 bits per heavy atom. The lowest BCUT2D eigenvalue weighted by Gasteiger charge is -2.30. The van der Waals surface area contributed by atoms with Gasteiger partial charge in [-0.25, -0.2) is 0 Å². The molecule has 2 heteroatoms. The molecule has 0 amide bonds. The standard InChI is InChI=1S/C16H25NO/c1-3-16(14-8-10-15(18)11-9-14)17(2)12-13-6-4-5-7-13/h8-11,13,16,18H,3-7,12H2,1-2H3. The largest absolute Gasteiger partial charge is 0.508 e. The highest BCUT2D eigenvalue weighted by Gasteiger charge is 2.21. The number of aromatic hydroxyl groups is 1. The monoisotopic (exact) mass is 247 g/mol. The van der Waals surface area contributed by atoms with Crippen molar-refractivity contribution in [2.24, 2.45) is 5.92 Å². The second kappa shape index (κ2) is 6.24. The minimum Gasteiger partial charge on any atom is -0.508 e. The lowest BCUT2D eigenvalue weighted by atomic mass is 10.0. The van der Waals surface area contributed by atoms with Crippen LogP contribution in [0.25, 0.3) is 0 Å². The molecule has 0 heterocycles. The molecule has 1 aliphatic carbocycles. The minimum atomic E-state index is 0.354. The van der Waals surface area contributed by atoms with Crippen molar-refractivity contribution in [3.8, 4) is 5.75 Å². The van der Waals surface area contributed by atoms with Gasteiger partial charge in [-0.1, -0.05) is 31.9 Å². The minimum absolute atomic E-state index is 0.354. The summed E-state index contributed by atoms with van der Waals surface area (Å²) in [6, 6.07) is 8.16. The number of phenols is 1. The lowest BCUT2D eigenvalue weighted by molar-refractivity contribution is 0.203. The number of nitrogens with zero attached hydrogens (tertiary/aromatic N) is 1. The van der Waals surface area contributed by atoms with Crippen molar-refractivity contribution < 1.29 is 5.11 Å². The molecule has 1 atom stereocenters. The van der Waals surface area contributed by atoms with Crippen LogP contribution in [-0.2, 0) is 0 Å². The van der Waals surface area contributed by atoms with E-state index in [1.165, 1.54) is 37.8 Å². The molecule has 1 saturated carbocycles. The lowest BCUT2D eigenvalue weighted by Crippen LogP contribution is -2.28. The smallest absolute Gasteiger partial charge is 0.115 e. The fraction of sp³-hybridized carbons (Fsp3) is 0.625. The summed E-state index contributed by atoms with van der Waals surface area (Å²) < 4.78 is 0. The second-order valence-corrected chi connectivity index (χ2v) is 5.61. The van der Waals surface area contributed by atoms with E-state index in [0.29, 0.717) is 11.8 Å². The highest BCUT2D eigenvalue weighted by atomic mass is 16.3. The van der Waals surface area contributed by atoms with Gasteiger partial charge in [-0.15, -0.1) is 0 Å². The molecule has 100 valence electrons. The van der Waals surface area contributed by atoms with Gasteiger partial charge in [-0.3, -0.25) is 4.90 Å². The van der Waals surface area contributed by atoms with E-state index in [1.54, 1.807) is 12.1 Å². The van der Waals surface area contributed by atoms with Gasteiger partial charge in [0.05, 0.1) is 0 Å². The maximum Gasteiger partial charge on any atom is 0.115 e. The van der Waals surface area contributed by atoms with Crippen LogP contribution in [0.15, 0.2) is 24.3 Å². The van der Waals surface area contributed by atoms with E-state index in [9.17, 15) is 5.11 Å². The average molecular weight is 247 g/mol. The summed E-state index contributed by atoms with van der Waals surface area (Å²) in [7, 11) is 2.24. The Kier molecular flexibility index (Phi) is 4.65. The Hall–Kier alpha value is -1.02. The molecule has 2 nitrogen and oxygen atoms in total. The third-order valence-corrected chi connectivity index (χ3v) is 4.22. The van der Waals surface area contributed by atoms with E-state index in [0.717, 1.165) is 12.3 Å². The van der Waals surface area contributed by atoms with Gasteiger partial charge >= 0.3 is 0 Å². The van der Waals surface area contributed by atoms with Crippen LogP contribution in [-0.4, -0.2) is 23.6 Å². The van der Waals surface area contributed by atoms with Crippen molar-refractivity contribution in [3.05, 3.63) is 29.8 Å². The summed E-state index contributed by atoms with van der Waals surface area (Å²) in [4.78, 5) is 2.49. The fourth-order valence-corrected chi connectivity index (χ4v) is 3.23. The summed E-state index contributed by atoms with van der Waals surface area (Å²) in [5.41, 5.74) is 1.32. The molecule has 1 aromatic carbocycles. The first-order chi connectivity index (χ1) is 8.70. The van der Waals surface area contributed by atoms with Crippen molar-refractivity contribution in [1.29, 1.82) is 0 Å². The molecule has 1 fully saturated rings. The Balaban J connectivity index is 2.00. The molecule has 0 aliphatic heterocycles. The van der Waals surface area contributed by atoms with E-state index in [4.69, 9.17) is 0 Å². The topological polar surface area (TPSA) is 23.5 Å². The highest BCUT2D eigenvalue weighted by Crippen LogP contribution is 2.30. The first kappa shape index (κ1) is 13.4. The molecule has 2 rings (SSSR count). The number of phenolic OH excluding ortho intramolecular Hbond substituents is 1. The van der Waals surface area contributed by atoms with Crippen molar-refractivity contribution in [3.63, 3.8) is 0 Å². The quantitative estimate of drug-likeness (QED) is 0.851. The van der Waals surface area contributed by atoms with Crippen LogP contribution in [0.4, 0.5) is 0 Å². The Morgan fingerprint density at radius 1 is 1.22 bits per heavy atom. The summed E-state index contributed by atoms with van der Waals surface area (Å²) in [5.74, 6) is 1.24. The number of benzene rings is 1. The van der Waals surface area contributed by atoms with E-state index < -0.39 is 0 Å². The zero-order valence-electron chi connectivity index (χ0n) is 11.6. The SMILES string of the molecule is CCC(c1ccc(O)cc1)N(C)CC1CCCC1. The molecule has 0 radical (unpaired) electrons. The van der Waals surface area contributed by atoms with E-state index in [-0.39, 0.29) is 0 Å². The summed E-state index contributed by atoms with van der Waals surface area (Å²) in [5, 5.41) is 9.37. The first-order valence-corrected chi connectivity index (χ1v) is 7.20. The van der Waals surface area contributed by atoms with Gasteiger partial charge in [0.25, 0.3) is 0 Å². The van der Waals surface area contributed by atoms with Crippen molar-refractivity contribution in [2.45, 2.75) is 45.1 Å². The first-order valence-electron chi connectivity index (χ1n) is 7.20. The predicted molar refractivity (Wildman–Crippen MR) is 75.7 cm³/mol. The van der Waals surface area contributed by atoms with Crippen molar-refractivity contribution >= 4 is 0 Å². The molecule has 18 heavy (non-hydrogen) atoms. The normalized spacial score (nSPS) is 18.4. The average Bonchev–Trinajstić information content (AvgIpc) is 2.85. The number of rotatable bonds is 5. The maximum atomic E-state index is 9.37. The Morgan fingerprint density at radius 2 is 1.83 bits per heavy atom.